The fourth-order valence-corrected chi connectivity index (χ4v) is 1.41. The molecule has 2 heterocycles. The van der Waals surface area contributed by atoms with Gasteiger partial charge >= 0.3 is 0 Å². The van der Waals surface area contributed by atoms with Gasteiger partial charge in [0, 0.05) is 24.2 Å². The van der Waals surface area contributed by atoms with Crippen LogP contribution in [0.4, 0.5) is 0 Å². The lowest BCUT2D eigenvalue weighted by Gasteiger charge is -2.05. The molecule has 3 nitrogen and oxygen atoms in total. The van der Waals surface area contributed by atoms with Gasteiger partial charge in [0.05, 0.1) is 12.1 Å². The second kappa shape index (κ2) is 6.63. The quantitative estimate of drug-likeness (QED) is 0.627. The summed E-state index contributed by atoms with van der Waals surface area (Å²) in [5.41, 5.74) is 1.85. The van der Waals surface area contributed by atoms with Crippen molar-refractivity contribution < 1.29 is 4.74 Å². The molecule has 0 bridgehead atoms. The predicted octanol–water partition coefficient (Wildman–Crippen LogP) is 2.65. The third-order valence-electron chi connectivity index (χ3n) is 2.17. The van der Waals surface area contributed by atoms with Crippen molar-refractivity contribution in [3.8, 4) is 17.6 Å². The van der Waals surface area contributed by atoms with Crippen LogP contribution >= 0.6 is 11.6 Å². The number of alkyl halides is 1. The predicted molar refractivity (Wildman–Crippen MR) is 70.4 cm³/mol. The second-order valence-corrected chi connectivity index (χ2v) is 3.76. The maximum atomic E-state index is 5.62. The Labute approximate surface area is 111 Å². The van der Waals surface area contributed by atoms with E-state index in [1.54, 1.807) is 24.8 Å². The van der Waals surface area contributed by atoms with Crippen molar-refractivity contribution in [2.75, 3.05) is 5.88 Å². The first-order chi connectivity index (χ1) is 8.88. The van der Waals surface area contributed by atoms with Crippen LogP contribution in [0.3, 0.4) is 0 Å². The number of hydrogen-bond acceptors (Lipinski definition) is 3. The molecule has 2 aromatic heterocycles. The van der Waals surface area contributed by atoms with Crippen LogP contribution in [0, 0.1) is 11.8 Å². The minimum atomic E-state index is 0.308. The summed E-state index contributed by atoms with van der Waals surface area (Å²) < 4.78 is 5.62. The number of rotatable bonds is 3. The Morgan fingerprint density at radius 2 is 2.00 bits per heavy atom. The molecule has 0 saturated carbocycles. The Hall–Kier alpha value is -2.05. The van der Waals surface area contributed by atoms with E-state index >= 15 is 0 Å². The Balaban J connectivity index is 2.01. The van der Waals surface area contributed by atoms with E-state index in [0.29, 0.717) is 18.2 Å². The van der Waals surface area contributed by atoms with E-state index in [2.05, 4.69) is 21.8 Å². The van der Waals surface area contributed by atoms with Gasteiger partial charge in [0.1, 0.15) is 12.4 Å². The number of aromatic nitrogens is 2. The first kappa shape index (κ1) is 12.4. The average molecular weight is 259 g/mol. The zero-order chi connectivity index (χ0) is 12.6. The van der Waals surface area contributed by atoms with Gasteiger partial charge in [-0.3, -0.25) is 9.97 Å². The van der Waals surface area contributed by atoms with Gasteiger partial charge in [-0.25, -0.2) is 0 Å². The molecule has 0 spiro atoms. The van der Waals surface area contributed by atoms with E-state index in [4.69, 9.17) is 16.3 Å². The highest BCUT2D eigenvalue weighted by molar-refractivity contribution is 6.19. The molecule has 0 aliphatic heterocycles. The Morgan fingerprint density at radius 1 is 1.17 bits per heavy atom. The molecule has 0 aromatic carbocycles. The molecule has 0 amide bonds. The standard InChI is InChI=1S/C14H11ClN2O/c15-5-1-2-13-8-14(10-17-9-13)18-11-12-3-6-16-7-4-12/h3-4,6-10H,5,11H2. The fraction of sp³-hybridized carbons (Fsp3) is 0.143. The lowest BCUT2D eigenvalue weighted by atomic mass is 10.2. The summed E-state index contributed by atoms with van der Waals surface area (Å²) in [6.45, 7) is 0.483. The van der Waals surface area contributed by atoms with Crippen LogP contribution in [0.1, 0.15) is 11.1 Å². The van der Waals surface area contributed by atoms with Crippen LogP contribution < -0.4 is 4.74 Å². The summed E-state index contributed by atoms with van der Waals surface area (Å²) in [6.07, 6.45) is 6.81. The van der Waals surface area contributed by atoms with Crippen molar-refractivity contribution in [1.82, 2.24) is 9.97 Å². The minimum Gasteiger partial charge on any atom is -0.487 e. The summed E-state index contributed by atoms with van der Waals surface area (Å²) >= 11 is 5.50. The Bertz CT molecular complexity index is 561. The van der Waals surface area contributed by atoms with E-state index in [9.17, 15) is 0 Å². The molecular formula is C14H11ClN2O. The highest BCUT2D eigenvalue weighted by Crippen LogP contribution is 2.12. The molecule has 0 unspecified atom stereocenters. The van der Waals surface area contributed by atoms with Crippen molar-refractivity contribution in [2.45, 2.75) is 6.61 Å². The lowest BCUT2D eigenvalue weighted by Crippen LogP contribution is -1.96. The van der Waals surface area contributed by atoms with E-state index in [1.807, 2.05) is 18.2 Å². The van der Waals surface area contributed by atoms with Crippen LogP contribution in [0.15, 0.2) is 43.0 Å². The first-order valence-corrected chi connectivity index (χ1v) is 5.93. The van der Waals surface area contributed by atoms with Crippen LogP contribution in [0.2, 0.25) is 0 Å². The molecule has 0 atom stereocenters. The van der Waals surface area contributed by atoms with Gasteiger partial charge in [0.2, 0.25) is 0 Å². The molecule has 0 aliphatic carbocycles. The number of ether oxygens (including phenoxy) is 1. The monoisotopic (exact) mass is 258 g/mol. The summed E-state index contributed by atoms with van der Waals surface area (Å²) in [5.74, 6) is 6.67. The van der Waals surface area contributed by atoms with Crippen LogP contribution in [0.25, 0.3) is 0 Å². The molecule has 0 aliphatic rings. The van der Waals surface area contributed by atoms with E-state index in [0.717, 1.165) is 11.1 Å². The minimum absolute atomic E-state index is 0.308. The first-order valence-electron chi connectivity index (χ1n) is 5.40. The molecule has 2 rings (SSSR count). The maximum Gasteiger partial charge on any atom is 0.139 e. The molecule has 0 saturated heterocycles. The highest BCUT2D eigenvalue weighted by Gasteiger charge is 1.97. The summed E-state index contributed by atoms with van der Waals surface area (Å²) in [4.78, 5) is 8.02. The third kappa shape index (κ3) is 3.76. The van der Waals surface area contributed by atoms with Crippen molar-refractivity contribution in [3.05, 3.63) is 54.1 Å². The van der Waals surface area contributed by atoms with Gasteiger partial charge in [-0.05, 0) is 23.8 Å². The average Bonchev–Trinajstić information content (AvgIpc) is 2.44. The highest BCUT2D eigenvalue weighted by atomic mass is 35.5. The number of pyridine rings is 2. The molecular weight excluding hydrogens is 248 g/mol. The van der Waals surface area contributed by atoms with Gasteiger partial charge in [0.15, 0.2) is 0 Å². The molecule has 4 heteroatoms. The largest absolute Gasteiger partial charge is 0.487 e. The van der Waals surface area contributed by atoms with Crippen LogP contribution in [0.5, 0.6) is 5.75 Å². The number of hydrogen-bond donors (Lipinski definition) is 0. The summed E-state index contributed by atoms with van der Waals surface area (Å²) in [5, 5.41) is 0. The summed E-state index contributed by atoms with van der Waals surface area (Å²) in [7, 11) is 0. The Kier molecular flexibility index (Phi) is 4.57. The van der Waals surface area contributed by atoms with Crippen molar-refractivity contribution in [2.24, 2.45) is 0 Å². The zero-order valence-corrected chi connectivity index (χ0v) is 10.4. The van der Waals surface area contributed by atoms with E-state index in [-0.39, 0.29) is 0 Å². The number of halogens is 1. The van der Waals surface area contributed by atoms with Gasteiger partial charge in [-0.1, -0.05) is 11.8 Å². The molecule has 0 fully saturated rings. The second-order valence-electron chi connectivity index (χ2n) is 3.49. The normalized spacial score (nSPS) is 9.39. The number of nitrogens with zero attached hydrogens (tertiary/aromatic N) is 2. The van der Waals surface area contributed by atoms with Crippen LogP contribution in [-0.4, -0.2) is 15.8 Å². The van der Waals surface area contributed by atoms with Crippen molar-refractivity contribution >= 4 is 11.6 Å². The third-order valence-corrected chi connectivity index (χ3v) is 2.30. The van der Waals surface area contributed by atoms with Gasteiger partial charge < -0.3 is 4.74 Å². The molecule has 18 heavy (non-hydrogen) atoms. The molecule has 0 N–H and O–H groups in total. The zero-order valence-electron chi connectivity index (χ0n) is 9.64. The smallest absolute Gasteiger partial charge is 0.139 e. The SMILES string of the molecule is ClCC#Cc1cncc(OCc2ccncc2)c1. The fourth-order valence-electron chi connectivity index (χ4n) is 1.35. The topological polar surface area (TPSA) is 35.0 Å². The van der Waals surface area contributed by atoms with Gasteiger partial charge in [-0.2, -0.15) is 0 Å². The molecule has 2 aromatic rings. The van der Waals surface area contributed by atoms with E-state index < -0.39 is 0 Å². The lowest BCUT2D eigenvalue weighted by molar-refractivity contribution is 0.305. The van der Waals surface area contributed by atoms with Gasteiger partial charge in [0.25, 0.3) is 0 Å². The maximum absolute atomic E-state index is 5.62. The molecule has 0 radical (unpaired) electrons. The van der Waals surface area contributed by atoms with Crippen molar-refractivity contribution in [1.29, 1.82) is 0 Å². The van der Waals surface area contributed by atoms with E-state index in [1.165, 1.54) is 0 Å². The molecule has 90 valence electrons. The van der Waals surface area contributed by atoms with Gasteiger partial charge in [-0.15, -0.1) is 11.6 Å². The summed E-state index contributed by atoms with van der Waals surface area (Å²) in [6, 6.07) is 5.66. The van der Waals surface area contributed by atoms with Crippen LogP contribution in [-0.2, 0) is 6.61 Å². The van der Waals surface area contributed by atoms with Crippen molar-refractivity contribution in [3.63, 3.8) is 0 Å². The Morgan fingerprint density at radius 3 is 2.78 bits per heavy atom.